The van der Waals surface area contributed by atoms with Crippen LogP contribution in [0.15, 0.2) is 121 Å². The molecule has 1 heterocycles. The summed E-state index contributed by atoms with van der Waals surface area (Å²) in [5.74, 6) is 0.116. The maximum Gasteiger partial charge on any atom is 0.193 e. The van der Waals surface area contributed by atoms with Gasteiger partial charge in [-0.25, -0.2) is 0 Å². The van der Waals surface area contributed by atoms with Gasteiger partial charge in [0.05, 0.1) is 11.4 Å². The number of para-hydroxylation sites is 1. The molecule has 0 aromatic heterocycles. The van der Waals surface area contributed by atoms with Crippen molar-refractivity contribution in [3.63, 3.8) is 0 Å². The van der Waals surface area contributed by atoms with Crippen molar-refractivity contribution in [3.8, 4) is 22.3 Å². The fourth-order valence-corrected chi connectivity index (χ4v) is 9.62. The molecule has 9 rings (SSSR count). The molecule has 0 N–H and O–H groups in total. The van der Waals surface area contributed by atoms with Crippen LogP contribution in [0.25, 0.3) is 22.3 Å². The first-order valence-corrected chi connectivity index (χ1v) is 18.7. The molecule has 0 radical (unpaired) electrons. The summed E-state index contributed by atoms with van der Waals surface area (Å²) in [6.45, 7) is 20.7. The minimum absolute atomic E-state index is 0.00943. The summed E-state index contributed by atoms with van der Waals surface area (Å²) in [7, 11) is 0. The van der Waals surface area contributed by atoms with Gasteiger partial charge >= 0.3 is 0 Å². The second-order valence-electron chi connectivity index (χ2n) is 17.8. The molecule has 6 aromatic carbocycles. The van der Waals surface area contributed by atoms with Gasteiger partial charge in [-0.05, 0) is 96.9 Å². The topological polar surface area (TPSA) is 20.3 Å². The Morgan fingerprint density at radius 3 is 1.81 bits per heavy atom. The number of rotatable bonds is 2. The van der Waals surface area contributed by atoms with Crippen LogP contribution in [0.2, 0.25) is 0 Å². The fraction of sp³-hybridized carbons (Fsp3) is 0.260. The van der Waals surface area contributed by atoms with Crippen LogP contribution in [0.3, 0.4) is 0 Å². The van der Waals surface area contributed by atoms with E-state index in [0.717, 1.165) is 39.1 Å². The predicted octanol–water partition coefficient (Wildman–Crippen LogP) is 12.9. The third-order valence-electron chi connectivity index (χ3n) is 12.6. The largest absolute Gasteiger partial charge is 0.310 e. The Kier molecular flexibility index (Phi) is 6.71. The van der Waals surface area contributed by atoms with Gasteiger partial charge < -0.3 is 4.90 Å². The Hall–Kier alpha value is -5.21. The Morgan fingerprint density at radius 2 is 1.08 bits per heavy atom. The number of carbonyl (C=O) groups excluding carboxylic acids is 1. The average Bonchev–Trinajstić information content (AvgIpc) is 3.35. The summed E-state index contributed by atoms with van der Waals surface area (Å²) in [6, 6.07) is 44.5. The number of fused-ring (bicyclic) bond motifs is 7. The normalized spacial score (nSPS) is 17.0. The lowest BCUT2D eigenvalue weighted by Gasteiger charge is -2.43. The Balaban J connectivity index is 1.19. The molecule has 6 aromatic rings. The minimum Gasteiger partial charge on any atom is -0.310 e. The number of ketones is 1. The summed E-state index contributed by atoms with van der Waals surface area (Å²) in [4.78, 5) is 16.5. The van der Waals surface area contributed by atoms with Crippen LogP contribution in [-0.2, 0) is 21.7 Å². The van der Waals surface area contributed by atoms with Crippen LogP contribution >= 0.6 is 0 Å². The van der Waals surface area contributed by atoms with E-state index in [1.165, 1.54) is 50.3 Å². The van der Waals surface area contributed by atoms with Crippen LogP contribution in [0.4, 0.5) is 17.1 Å². The molecule has 0 spiro atoms. The number of hydrogen-bond acceptors (Lipinski definition) is 2. The van der Waals surface area contributed by atoms with Crippen LogP contribution in [-0.4, -0.2) is 5.78 Å². The highest BCUT2D eigenvalue weighted by atomic mass is 16.1. The summed E-state index contributed by atoms with van der Waals surface area (Å²) in [6.07, 6.45) is 0. The van der Waals surface area contributed by atoms with E-state index in [2.05, 4.69) is 176 Å². The van der Waals surface area contributed by atoms with Crippen molar-refractivity contribution in [2.45, 2.75) is 84.0 Å². The number of carbonyl (C=O) groups is 1. The van der Waals surface area contributed by atoms with E-state index < -0.39 is 0 Å². The maximum atomic E-state index is 14.1. The van der Waals surface area contributed by atoms with Crippen molar-refractivity contribution >= 4 is 22.8 Å². The SMILES string of the molecule is CC(C)(C)c1ccc2c(c1)C(C)(C)c1c(cccc1-c1ccc(N3c4ccccc4C(C)(C)c4cc5c(cc43)C(C)(C)c3ccccc3-5)cc1)C2=O. The monoisotopic (exact) mass is 677 g/mol. The van der Waals surface area contributed by atoms with Gasteiger partial charge in [0.1, 0.15) is 0 Å². The van der Waals surface area contributed by atoms with Crippen LogP contribution in [0, 0.1) is 0 Å². The van der Waals surface area contributed by atoms with E-state index in [0.29, 0.717) is 0 Å². The molecule has 2 aliphatic carbocycles. The van der Waals surface area contributed by atoms with E-state index >= 15 is 0 Å². The summed E-state index contributed by atoms with van der Waals surface area (Å²) >= 11 is 0. The molecule has 2 heteroatoms. The van der Waals surface area contributed by atoms with Gasteiger partial charge in [-0.1, -0.05) is 153 Å². The lowest BCUT2D eigenvalue weighted by Crippen LogP contribution is -2.32. The standard InChI is InChI=1S/C50H47NO/c1-47(2,3)31-23-26-35-40(27-31)50(8,9)45-33(16-14-17-36(45)46(35)52)30-21-24-32(25-22-30)51-43-20-13-12-19-39(43)49(6,7)42-28-37-34-15-10-11-18-38(34)48(4,5)41(37)29-44(42)51/h10-29H,1-9H3. The van der Waals surface area contributed by atoms with E-state index in [-0.39, 0.29) is 27.4 Å². The molecule has 0 fully saturated rings. The van der Waals surface area contributed by atoms with Gasteiger partial charge in [-0.15, -0.1) is 0 Å². The number of hydrogen-bond donors (Lipinski definition) is 0. The zero-order valence-electron chi connectivity index (χ0n) is 31.9. The first kappa shape index (κ1) is 32.7. The van der Waals surface area contributed by atoms with Gasteiger partial charge in [0.2, 0.25) is 0 Å². The molecule has 0 saturated carbocycles. The first-order chi connectivity index (χ1) is 24.6. The smallest absolute Gasteiger partial charge is 0.193 e. The van der Waals surface area contributed by atoms with Crippen molar-refractivity contribution in [1.29, 1.82) is 0 Å². The third-order valence-corrected chi connectivity index (χ3v) is 12.6. The highest BCUT2D eigenvalue weighted by Crippen LogP contribution is 2.57. The first-order valence-electron chi connectivity index (χ1n) is 18.7. The molecule has 258 valence electrons. The Labute approximate surface area is 309 Å². The van der Waals surface area contributed by atoms with Crippen molar-refractivity contribution in [3.05, 3.63) is 171 Å². The van der Waals surface area contributed by atoms with Crippen LogP contribution in [0.1, 0.15) is 117 Å². The molecule has 1 aliphatic heterocycles. The molecule has 0 atom stereocenters. The van der Waals surface area contributed by atoms with Gasteiger partial charge in [-0.2, -0.15) is 0 Å². The van der Waals surface area contributed by atoms with E-state index in [9.17, 15) is 4.79 Å². The van der Waals surface area contributed by atoms with Gasteiger partial charge in [-0.3, -0.25) is 4.79 Å². The summed E-state index contributed by atoms with van der Waals surface area (Å²) in [5, 5.41) is 0. The molecular formula is C50H47NO. The van der Waals surface area contributed by atoms with Gasteiger partial charge in [0.15, 0.2) is 5.78 Å². The van der Waals surface area contributed by atoms with E-state index in [1.807, 2.05) is 12.1 Å². The van der Waals surface area contributed by atoms with E-state index in [1.54, 1.807) is 0 Å². The van der Waals surface area contributed by atoms with Crippen molar-refractivity contribution < 1.29 is 4.79 Å². The highest BCUT2D eigenvalue weighted by Gasteiger charge is 2.43. The lowest BCUT2D eigenvalue weighted by atomic mass is 9.65. The second kappa shape index (κ2) is 10.7. The van der Waals surface area contributed by atoms with E-state index in [4.69, 9.17) is 0 Å². The third kappa shape index (κ3) is 4.40. The van der Waals surface area contributed by atoms with Crippen LogP contribution < -0.4 is 4.90 Å². The lowest BCUT2D eigenvalue weighted by molar-refractivity contribution is 0.103. The summed E-state index contributed by atoms with van der Waals surface area (Å²) in [5.41, 5.74) is 18.4. The molecule has 3 aliphatic rings. The molecule has 0 saturated heterocycles. The van der Waals surface area contributed by atoms with Gasteiger partial charge in [0.25, 0.3) is 0 Å². The Bertz CT molecular complexity index is 2480. The van der Waals surface area contributed by atoms with Crippen molar-refractivity contribution in [2.75, 3.05) is 4.90 Å². The molecule has 0 unspecified atom stereocenters. The number of nitrogens with zero attached hydrogens (tertiary/aromatic N) is 1. The second-order valence-corrected chi connectivity index (χ2v) is 17.8. The van der Waals surface area contributed by atoms with Crippen LogP contribution in [0.5, 0.6) is 0 Å². The number of anilines is 3. The molecule has 52 heavy (non-hydrogen) atoms. The quantitative estimate of drug-likeness (QED) is 0.182. The average molecular weight is 678 g/mol. The molecule has 2 nitrogen and oxygen atoms in total. The zero-order valence-corrected chi connectivity index (χ0v) is 31.9. The maximum absolute atomic E-state index is 14.1. The summed E-state index contributed by atoms with van der Waals surface area (Å²) < 4.78 is 0. The molecule has 0 bridgehead atoms. The van der Waals surface area contributed by atoms with Gasteiger partial charge in [0, 0.05) is 33.1 Å². The molecular weight excluding hydrogens is 631 g/mol. The van der Waals surface area contributed by atoms with Crippen molar-refractivity contribution in [1.82, 2.24) is 0 Å². The molecule has 0 amide bonds. The predicted molar refractivity (Wildman–Crippen MR) is 217 cm³/mol. The Morgan fingerprint density at radius 1 is 0.462 bits per heavy atom. The minimum atomic E-state index is -0.351. The fourth-order valence-electron chi connectivity index (χ4n) is 9.62. The highest BCUT2D eigenvalue weighted by molar-refractivity contribution is 6.14. The van der Waals surface area contributed by atoms with Crippen molar-refractivity contribution in [2.24, 2.45) is 0 Å². The number of benzene rings is 6. The zero-order chi connectivity index (χ0) is 36.5.